The lowest BCUT2D eigenvalue weighted by atomic mass is 10.2. The van der Waals surface area contributed by atoms with E-state index in [9.17, 15) is 13.2 Å². The first-order chi connectivity index (χ1) is 12.8. The molecule has 0 aliphatic carbocycles. The number of oxazole rings is 1. The molecule has 140 valence electrons. The van der Waals surface area contributed by atoms with Crippen molar-refractivity contribution in [2.24, 2.45) is 0 Å². The van der Waals surface area contributed by atoms with Gasteiger partial charge in [-0.2, -0.15) is 0 Å². The lowest BCUT2D eigenvalue weighted by Gasteiger charge is -2.17. The van der Waals surface area contributed by atoms with Crippen LogP contribution in [0, 0.1) is 6.92 Å². The molecule has 0 atom stereocenters. The molecule has 6 nitrogen and oxygen atoms in total. The molecular weight excluding hydrogens is 364 g/mol. The van der Waals surface area contributed by atoms with E-state index in [2.05, 4.69) is 4.98 Å². The number of aromatic nitrogens is 1. The van der Waals surface area contributed by atoms with E-state index >= 15 is 0 Å². The maximum absolute atomic E-state index is 12.6. The van der Waals surface area contributed by atoms with Crippen LogP contribution < -0.4 is 4.90 Å². The minimum absolute atomic E-state index is 0.0898. The summed E-state index contributed by atoms with van der Waals surface area (Å²) in [6.07, 6.45) is 1.24. The fraction of sp³-hybridized carbons (Fsp3) is 0.200. The zero-order valence-electron chi connectivity index (χ0n) is 15.3. The highest BCUT2D eigenvalue weighted by Gasteiger charge is 2.18. The topological polar surface area (TPSA) is 80.5 Å². The van der Waals surface area contributed by atoms with Crippen molar-refractivity contribution in [1.82, 2.24) is 4.98 Å². The average molecular weight is 384 g/mol. The van der Waals surface area contributed by atoms with Gasteiger partial charge in [-0.15, -0.1) is 0 Å². The molecule has 2 aromatic carbocycles. The molecule has 0 N–H and O–H groups in total. The molecule has 0 spiro atoms. The minimum Gasteiger partial charge on any atom is -0.441 e. The molecule has 1 amide bonds. The van der Waals surface area contributed by atoms with E-state index in [1.165, 1.54) is 17.0 Å². The fourth-order valence-electron chi connectivity index (χ4n) is 2.62. The van der Waals surface area contributed by atoms with E-state index in [0.717, 1.165) is 11.8 Å². The van der Waals surface area contributed by atoms with E-state index in [-0.39, 0.29) is 17.2 Å². The predicted octanol–water partition coefficient (Wildman–Crippen LogP) is 3.26. The number of carbonyl (C=O) groups is 1. The molecular formula is C20H20N2O4S. The Morgan fingerprint density at radius 2 is 1.70 bits per heavy atom. The Balaban J connectivity index is 1.76. The molecule has 0 aliphatic rings. The van der Waals surface area contributed by atoms with Crippen LogP contribution in [0.5, 0.6) is 0 Å². The van der Waals surface area contributed by atoms with Gasteiger partial charge in [0.05, 0.1) is 17.0 Å². The second-order valence-corrected chi connectivity index (χ2v) is 8.30. The van der Waals surface area contributed by atoms with Crippen LogP contribution in [0.3, 0.4) is 0 Å². The van der Waals surface area contributed by atoms with Crippen LogP contribution >= 0.6 is 0 Å². The zero-order chi connectivity index (χ0) is 19.6. The van der Waals surface area contributed by atoms with Crippen LogP contribution in [0.25, 0.3) is 11.5 Å². The van der Waals surface area contributed by atoms with Gasteiger partial charge >= 0.3 is 0 Å². The van der Waals surface area contributed by atoms with Gasteiger partial charge in [-0.05, 0) is 43.3 Å². The molecule has 1 heterocycles. The van der Waals surface area contributed by atoms with Crippen molar-refractivity contribution in [2.75, 3.05) is 18.2 Å². The number of hydrogen-bond acceptors (Lipinski definition) is 5. The van der Waals surface area contributed by atoms with Crippen LogP contribution in [0.15, 0.2) is 63.9 Å². The molecule has 7 heteroatoms. The summed E-state index contributed by atoms with van der Waals surface area (Å²) in [6.45, 7) is 1.78. The highest BCUT2D eigenvalue weighted by Crippen LogP contribution is 2.23. The second-order valence-electron chi connectivity index (χ2n) is 6.28. The first kappa shape index (κ1) is 18.8. The Hall–Kier alpha value is -2.93. The van der Waals surface area contributed by atoms with Crippen LogP contribution in [0.2, 0.25) is 0 Å². The highest BCUT2D eigenvalue weighted by molar-refractivity contribution is 7.90. The molecule has 0 unspecified atom stereocenters. The summed E-state index contributed by atoms with van der Waals surface area (Å²) in [7, 11) is -1.63. The number of nitrogens with zero attached hydrogens (tertiary/aromatic N) is 2. The van der Waals surface area contributed by atoms with E-state index in [4.69, 9.17) is 4.42 Å². The number of likely N-dealkylation sites (N-methyl/N-ethyl adjacent to an activating group) is 1. The second kappa shape index (κ2) is 7.36. The summed E-state index contributed by atoms with van der Waals surface area (Å²) in [5, 5.41) is 0. The van der Waals surface area contributed by atoms with E-state index in [0.29, 0.717) is 23.0 Å². The predicted molar refractivity (Wildman–Crippen MR) is 103 cm³/mol. The van der Waals surface area contributed by atoms with E-state index in [1.807, 2.05) is 30.3 Å². The Labute approximate surface area is 158 Å². The van der Waals surface area contributed by atoms with Crippen LogP contribution in [0.1, 0.15) is 11.5 Å². The maximum Gasteiger partial charge on any atom is 0.232 e. The van der Waals surface area contributed by atoms with E-state index in [1.54, 1.807) is 26.1 Å². The lowest BCUT2D eigenvalue weighted by Crippen LogP contribution is -2.28. The third-order valence-electron chi connectivity index (χ3n) is 4.26. The number of aryl methyl sites for hydroxylation is 1. The van der Waals surface area contributed by atoms with Crippen molar-refractivity contribution in [3.8, 4) is 11.5 Å². The molecule has 0 fully saturated rings. The first-order valence-corrected chi connectivity index (χ1v) is 10.2. The third-order valence-corrected chi connectivity index (χ3v) is 5.39. The Morgan fingerprint density at radius 3 is 2.30 bits per heavy atom. The molecule has 0 saturated heterocycles. The fourth-order valence-corrected chi connectivity index (χ4v) is 3.25. The van der Waals surface area contributed by atoms with Gasteiger partial charge in [-0.25, -0.2) is 13.4 Å². The summed E-state index contributed by atoms with van der Waals surface area (Å²) in [6, 6.07) is 15.7. The van der Waals surface area contributed by atoms with Crippen molar-refractivity contribution in [3.05, 3.63) is 66.1 Å². The maximum atomic E-state index is 12.6. The van der Waals surface area contributed by atoms with Crippen LogP contribution in [-0.4, -0.2) is 32.6 Å². The van der Waals surface area contributed by atoms with Crippen molar-refractivity contribution in [2.45, 2.75) is 18.2 Å². The first-order valence-electron chi connectivity index (χ1n) is 8.34. The summed E-state index contributed by atoms with van der Waals surface area (Å²) in [4.78, 5) is 18.8. The average Bonchev–Trinajstić information content (AvgIpc) is 3.02. The Morgan fingerprint density at radius 1 is 1.07 bits per heavy atom. The number of carbonyl (C=O) groups excluding carboxylic acids is 1. The third kappa shape index (κ3) is 4.25. The number of rotatable bonds is 5. The van der Waals surface area contributed by atoms with Gasteiger partial charge in [0.25, 0.3) is 0 Å². The van der Waals surface area contributed by atoms with Gasteiger partial charge in [-0.1, -0.05) is 18.2 Å². The van der Waals surface area contributed by atoms with Crippen LogP contribution in [-0.2, 0) is 21.1 Å². The van der Waals surface area contributed by atoms with Crippen molar-refractivity contribution >= 4 is 21.4 Å². The number of hydrogen-bond donors (Lipinski definition) is 0. The normalized spacial score (nSPS) is 11.4. The van der Waals surface area contributed by atoms with Gasteiger partial charge in [-0.3, -0.25) is 4.79 Å². The van der Waals surface area contributed by atoms with Crippen LogP contribution in [0.4, 0.5) is 5.69 Å². The molecule has 0 aliphatic heterocycles. The van der Waals surface area contributed by atoms with Gasteiger partial charge < -0.3 is 9.32 Å². The molecule has 1 aromatic heterocycles. The van der Waals surface area contributed by atoms with E-state index < -0.39 is 9.84 Å². The Kier molecular flexibility index (Phi) is 5.14. The summed E-state index contributed by atoms with van der Waals surface area (Å²) >= 11 is 0. The monoisotopic (exact) mass is 384 g/mol. The van der Waals surface area contributed by atoms with Crippen molar-refractivity contribution in [1.29, 1.82) is 0 Å². The summed E-state index contributed by atoms with van der Waals surface area (Å²) < 4.78 is 28.8. The molecule has 0 radical (unpaired) electrons. The zero-order valence-corrected chi connectivity index (χ0v) is 16.2. The lowest BCUT2D eigenvalue weighted by molar-refractivity contribution is -0.117. The quantitative estimate of drug-likeness (QED) is 0.674. The molecule has 0 saturated carbocycles. The van der Waals surface area contributed by atoms with Crippen molar-refractivity contribution in [3.63, 3.8) is 0 Å². The standard InChI is InChI=1S/C20H20N2O4S/c1-14-18(21-20(26-14)15-7-5-4-6-8-15)13-19(23)22(2)16-9-11-17(12-10-16)27(3,24)25/h4-12H,13H2,1-3H3. The smallest absolute Gasteiger partial charge is 0.232 e. The SMILES string of the molecule is Cc1oc(-c2ccccc2)nc1CC(=O)N(C)c1ccc(S(C)(=O)=O)cc1. The molecule has 3 rings (SSSR count). The minimum atomic E-state index is -3.27. The molecule has 3 aromatic rings. The largest absolute Gasteiger partial charge is 0.441 e. The summed E-state index contributed by atoms with van der Waals surface area (Å²) in [5.74, 6) is 0.914. The number of anilines is 1. The molecule has 27 heavy (non-hydrogen) atoms. The highest BCUT2D eigenvalue weighted by atomic mass is 32.2. The van der Waals surface area contributed by atoms with Gasteiger partial charge in [0.1, 0.15) is 5.76 Å². The van der Waals surface area contributed by atoms with Gasteiger partial charge in [0.15, 0.2) is 9.84 Å². The molecule has 0 bridgehead atoms. The number of benzene rings is 2. The van der Waals surface area contributed by atoms with Gasteiger partial charge in [0, 0.05) is 24.6 Å². The Bertz CT molecular complexity index is 1060. The van der Waals surface area contributed by atoms with Gasteiger partial charge in [0.2, 0.25) is 11.8 Å². The number of amides is 1. The number of sulfone groups is 1. The van der Waals surface area contributed by atoms with Crippen molar-refractivity contribution < 1.29 is 17.6 Å². The summed E-state index contributed by atoms with van der Waals surface area (Å²) in [5.41, 5.74) is 2.04.